The van der Waals surface area contributed by atoms with Gasteiger partial charge in [-0.05, 0) is 30.8 Å². The maximum Gasteiger partial charge on any atom is 0.127 e. The number of hydrogen-bond acceptors (Lipinski definition) is 2. The summed E-state index contributed by atoms with van der Waals surface area (Å²) < 4.78 is 26.5. The van der Waals surface area contributed by atoms with E-state index in [1.54, 1.807) is 24.3 Å². The van der Waals surface area contributed by atoms with Crippen molar-refractivity contribution < 1.29 is 8.78 Å². The molecular weight excluding hydrogens is 246 g/mol. The van der Waals surface area contributed by atoms with Crippen molar-refractivity contribution in [2.24, 2.45) is 0 Å². The van der Waals surface area contributed by atoms with Crippen LogP contribution < -0.4 is 5.73 Å². The third-order valence-corrected chi connectivity index (χ3v) is 2.95. The highest BCUT2D eigenvalue weighted by Gasteiger charge is 2.08. The van der Waals surface area contributed by atoms with Gasteiger partial charge in [-0.1, -0.05) is 24.3 Å². The number of nitrogens with two attached hydrogens (primary N) is 1. The molecule has 0 bridgehead atoms. The van der Waals surface area contributed by atoms with Gasteiger partial charge in [0.05, 0.1) is 0 Å². The largest absolute Gasteiger partial charge is 0.398 e. The van der Waals surface area contributed by atoms with Gasteiger partial charge >= 0.3 is 0 Å². The van der Waals surface area contributed by atoms with Crippen LogP contribution in [-0.2, 0) is 13.1 Å². The number of halogens is 2. The van der Waals surface area contributed by atoms with Crippen molar-refractivity contribution in [1.29, 1.82) is 0 Å². The highest BCUT2D eigenvalue weighted by atomic mass is 19.1. The molecule has 2 nitrogen and oxygen atoms in total. The minimum Gasteiger partial charge on any atom is -0.398 e. The molecule has 0 atom stereocenters. The van der Waals surface area contributed by atoms with Crippen LogP contribution in [0.25, 0.3) is 0 Å². The first-order valence-electron chi connectivity index (χ1n) is 6.02. The highest BCUT2D eigenvalue weighted by molar-refractivity contribution is 5.46. The first kappa shape index (κ1) is 13.5. The molecule has 2 aromatic carbocycles. The molecule has 100 valence electrons. The summed E-state index contributed by atoms with van der Waals surface area (Å²) in [5.41, 5.74) is 7.63. The molecule has 0 aliphatic rings. The molecule has 2 N–H and O–H groups in total. The van der Waals surface area contributed by atoms with E-state index in [0.29, 0.717) is 24.3 Å². The van der Waals surface area contributed by atoms with Crippen LogP contribution in [0.4, 0.5) is 14.5 Å². The average molecular weight is 262 g/mol. The van der Waals surface area contributed by atoms with E-state index in [0.717, 1.165) is 5.56 Å². The Balaban J connectivity index is 2.05. The van der Waals surface area contributed by atoms with Crippen molar-refractivity contribution in [2.75, 3.05) is 12.8 Å². The summed E-state index contributed by atoms with van der Waals surface area (Å²) in [6, 6.07) is 11.0. The maximum absolute atomic E-state index is 13.5. The van der Waals surface area contributed by atoms with Gasteiger partial charge < -0.3 is 5.73 Å². The molecule has 0 saturated heterocycles. The maximum atomic E-state index is 13.5. The van der Waals surface area contributed by atoms with Crippen LogP contribution in [-0.4, -0.2) is 11.9 Å². The molecular formula is C15H16F2N2. The second-order valence-electron chi connectivity index (χ2n) is 4.61. The Morgan fingerprint density at radius 1 is 1.00 bits per heavy atom. The fraction of sp³-hybridized carbons (Fsp3) is 0.200. The molecule has 0 unspecified atom stereocenters. The molecule has 0 heterocycles. The molecule has 0 aliphatic carbocycles. The Morgan fingerprint density at radius 3 is 2.37 bits per heavy atom. The first-order chi connectivity index (χ1) is 9.06. The Bertz CT molecular complexity index is 570. The number of anilines is 1. The van der Waals surface area contributed by atoms with Gasteiger partial charge in [-0.15, -0.1) is 0 Å². The van der Waals surface area contributed by atoms with Crippen molar-refractivity contribution in [2.45, 2.75) is 13.1 Å². The van der Waals surface area contributed by atoms with E-state index in [2.05, 4.69) is 0 Å². The topological polar surface area (TPSA) is 29.3 Å². The van der Waals surface area contributed by atoms with E-state index in [-0.39, 0.29) is 11.6 Å². The van der Waals surface area contributed by atoms with Crippen LogP contribution in [0.5, 0.6) is 0 Å². The molecule has 0 radical (unpaired) electrons. The van der Waals surface area contributed by atoms with Gasteiger partial charge in [0.15, 0.2) is 0 Å². The van der Waals surface area contributed by atoms with E-state index >= 15 is 0 Å². The summed E-state index contributed by atoms with van der Waals surface area (Å²) in [5.74, 6) is -0.570. The number of nitrogens with zero attached hydrogens (tertiary/aromatic N) is 1. The first-order valence-corrected chi connectivity index (χ1v) is 6.02. The zero-order valence-electron chi connectivity index (χ0n) is 10.7. The minimum absolute atomic E-state index is 0.221. The van der Waals surface area contributed by atoms with Crippen LogP contribution in [0.15, 0.2) is 42.5 Å². The molecule has 0 fully saturated rings. The van der Waals surface area contributed by atoms with Gasteiger partial charge in [-0.25, -0.2) is 8.78 Å². The Labute approximate surface area is 111 Å². The zero-order chi connectivity index (χ0) is 13.8. The quantitative estimate of drug-likeness (QED) is 0.857. The molecule has 0 amide bonds. The lowest BCUT2D eigenvalue weighted by atomic mass is 10.1. The second-order valence-corrected chi connectivity index (χ2v) is 4.61. The predicted octanol–water partition coefficient (Wildman–Crippen LogP) is 3.18. The third kappa shape index (κ3) is 3.51. The van der Waals surface area contributed by atoms with Crippen LogP contribution in [0, 0.1) is 11.6 Å². The summed E-state index contributed by atoms with van der Waals surface area (Å²) in [6.07, 6.45) is 0. The molecule has 19 heavy (non-hydrogen) atoms. The molecule has 0 saturated carbocycles. The monoisotopic (exact) mass is 262 g/mol. The molecule has 0 aliphatic heterocycles. The highest BCUT2D eigenvalue weighted by Crippen LogP contribution is 2.17. The van der Waals surface area contributed by atoms with Crippen molar-refractivity contribution in [3.63, 3.8) is 0 Å². The van der Waals surface area contributed by atoms with Gasteiger partial charge in [0.1, 0.15) is 11.6 Å². The summed E-state index contributed by atoms with van der Waals surface area (Å²) in [4.78, 5) is 1.93. The van der Waals surface area contributed by atoms with Crippen molar-refractivity contribution in [3.8, 4) is 0 Å². The van der Waals surface area contributed by atoms with Gasteiger partial charge in [0.25, 0.3) is 0 Å². The molecule has 0 aromatic heterocycles. The van der Waals surface area contributed by atoms with Crippen LogP contribution >= 0.6 is 0 Å². The zero-order valence-corrected chi connectivity index (χ0v) is 10.7. The average Bonchev–Trinajstić information content (AvgIpc) is 2.36. The Kier molecular flexibility index (Phi) is 4.12. The van der Waals surface area contributed by atoms with E-state index in [1.165, 1.54) is 18.2 Å². The lowest BCUT2D eigenvalue weighted by Crippen LogP contribution is -2.18. The normalized spacial score (nSPS) is 10.9. The standard InChI is InChI=1S/C15H16F2N2/c1-19(9-11-4-2-3-5-14(11)17)10-12-6-7-13(16)8-15(12)18/h2-8H,9-10,18H2,1H3. The van der Waals surface area contributed by atoms with E-state index in [4.69, 9.17) is 5.73 Å². The van der Waals surface area contributed by atoms with Gasteiger partial charge in [0.2, 0.25) is 0 Å². The smallest absolute Gasteiger partial charge is 0.127 e. The van der Waals surface area contributed by atoms with E-state index in [1.807, 2.05) is 11.9 Å². The number of benzene rings is 2. The van der Waals surface area contributed by atoms with Crippen LogP contribution in [0.2, 0.25) is 0 Å². The molecule has 4 heteroatoms. The molecule has 2 aromatic rings. The third-order valence-electron chi connectivity index (χ3n) is 2.95. The van der Waals surface area contributed by atoms with E-state index < -0.39 is 0 Å². The fourth-order valence-electron chi connectivity index (χ4n) is 1.97. The predicted molar refractivity (Wildman–Crippen MR) is 72.4 cm³/mol. The van der Waals surface area contributed by atoms with Crippen molar-refractivity contribution in [3.05, 3.63) is 65.2 Å². The lowest BCUT2D eigenvalue weighted by Gasteiger charge is -2.18. The number of hydrogen-bond donors (Lipinski definition) is 1. The summed E-state index contributed by atoms with van der Waals surface area (Å²) in [6.45, 7) is 1.02. The summed E-state index contributed by atoms with van der Waals surface area (Å²) >= 11 is 0. The Morgan fingerprint density at radius 2 is 1.68 bits per heavy atom. The number of nitrogen functional groups attached to an aromatic ring is 1. The second kappa shape index (κ2) is 5.80. The fourth-order valence-corrected chi connectivity index (χ4v) is 1.97. The van der Waals surface area contributed by atoms with Crippen LogP contribution in [0.1, 0.15) is 11.1 Å². The molecule has 2 rings (SSSR count). The Hall–Kier alpha value is -1.94. The molecule has 0 spiro atoms. The van der Waals surface area contributed by atoms with Gasteiger partial charge in [0, 0.05) is 24.3 Å². The summed E-state index contributed by atoms with van der Waals surface area (Å²) in [7, 11) is 1.87. The summed E-state index contributed by atoms with van der Waals surface area (Å²) in [5, 5.41) is 0. The SMILES string of the molecule is CN(Cc1ccc(F)cc1N)Cc1ccccc1F. The lowest BCUT2D eigenvalue weighted by molar-refractivity contribution is 0.314. The number of rotatable bonds is 4. The van der Waals surface area contributed by atoms with Crippen LogP contribution in [0.3, 0.4) is 0 Å². The minimum atomic E-state index is -0.349. The van der Waals surface area contributed by atoms with Gasteiger partial charge in [-0.3, -0.25) is 4.90 Å². The van der Waals surface area contributed by atoms with Crippen molar-refractivity contribution >= 4 is 5.69 Å². The van der Waals surface area contributed by atoms with E-state index in [9.17, 15) is 8.78 Å². The van der Waals surface area contributed by atoms with Gasteiger partial charge in [-0.2, -0.15) is 0 Å². The van der Waals surface area contributed by atoms with Crippen molar-refractivity contribution in [1.82, 2.24) is 4.90 Å².